The van der Waals surface area contributed by atoms with Crippen molar-refractivity contribution in [3.8, 4) is 0 Å². The Labute approximate surface area is 117 Å². The Morgan fingerprint density at radius 1 is 1.26 bits per heavy atom. The van der Waals surface area contributed by atoms with Crippen molar-refractivity contribution in [2.24, 2.45) is 5.73 Å². The molecule has 0 spiro atoms. The van der Waals surface area contributed by atoms with Crippen molar-refractivity contribution in [1.29, 1.82) is 0 Å². The Morgan fingerprint density at radius 2 is 1.89 bits per heavy atom. The zero-order valence-electron chi connectivity index (χ0n) is 12.7. The minimum absolute atomic E-state index is 0.0555. The monoisotopic (exact) mass is 264 g/mol. The molecule has 0 radical (unpaired) electrons. The molecule has 0 amide bonds. The summed E-state index contributed by atoms with van der Waals surface area (Å²) in [5.74, 6) is 0. The van der Waals surface area contributed by atoms with Crippen LogP contribution in [0.2, 0.25) is 0 Å². The molecule has 3 heteroatoms. The maximum Gasteiger partial charge on any atom is 0.0615 e. The normalized spacial score (nSPS) is 14.6. The van der Waals surface area contributed by atoms with Crippen LogP contribution in [0, 0.1) is 0 Å². The van der Waals surface area contributed by atoms with E-state index in [2.05, 4.69) is 50.1 Å². The molecule has 1 aromatic rings. The van der Waals surface area contributed by atoms with Crippen LogP contribution >= 0.6 is 0 Å². The van der Waals surface area contributed by atoms with Gasteiger partial charge in [-0.05, 0) is 31.5 Å². The molecule has 2 unspecified atom stereocenters. The van der Waals surface area contributed by atoms with Crippen molar-refractivity contribution in [2.45, 2.75) is 38.8 Å². The summed E-state index contributed by atoms with van der Waals surface area (Å²) in [6, 6.07) is 9.14. The first-order chi connectivity index (χ1) is 9.08. The molecule has 1 rings (SSSR count). The van der Waals surface area contributed by atoms with E-state index >= 15 is 0 Å². The number of hydrogen-bond donors (Lipinski definition) is 1. The summed E-state index contributed by atoms with van der Waals surface area (Å²) in [5, 5.41) is 0. The van der Waals surface area contributed by atoms with Gasteiger partial charge in [-0.25, -0.2) is 0 Å². The average molecular weight is 264 g/mol. The quantitative estimate of drug-likeness (QED) is 0.784. The summed E-state index contributed by atoms with van der Waals surface area (Å²) in [6.45, 7) is 5.93. The third kappa shape index (κ3) is 5.31. The van der Waals surface area contributed by atoms with Crippen molar-refractivity contribution in [2.75, 3.05) is 27.3 Å². The van der Waals surface area contributed by atoms with Crippen LogP contribution in [0.15, 0.2) is 24.3 Å². The maximum absolute atomic E-state index is 6.27. The van der Waals surface area contributed by atoms with Gasteiger partial charge in [0.05, 0.1) is 6.61 Å². The summed E-state index contributed by atoms with van der Waals surface area (Å²) in [7, 11) is 3.83. The molecule has 0 aromatic heterocycles. The fourth-order valence-electron chi connectivity index (χ4n) is 2.18. The highest BCUT2D eigenvalue weighted by Crippen LogP contribution is 2.14. The minimum Gasteiger partial charge on any atom is -0.383 e. The summed E-state index contributed by atoms with van der Waals surface area (Å²) in [4.78, 5) is 2.24. The molecular weight excluding hydrogens is 236 g/mol. The molecule has 2 atom stereocenters. The Hall–Kier alpha value is -0.900. The zero-order chi connectivity index (χ0) is 14.3. The summed E-state index contributed by atoms with van der Waals surface area (Å²) in [5.41, 5.74) is 8.86. The van der Waals surface area contributed by atoms with Gasteiger partial charge in [0, 0.05) is 25.7 Å². The van der Waals surface area contributed by atoms with E-state index in [1.165, 1.54) is 17.5 Å². The first kappa shape index (κ1) is 16.2. The van der Waals surface area contributed by atoms with Crippen LogP contribution in [0.3, 0.4) is 0 Å². The number of rotatable bonds is 8. The molecule has 0 heterocycles. The molecule has 0 saturated carbocycles. The summed E-state index contributed by atoms with van der Waals surface area (Å²) < 4.78 is 5.17. The molecule has 0 aliphatic carbocycles. The maximum atomic E-state index is 6.27. The van der Waals surface area contributed by atoms with Gasteiger partial charge in [-0.2, -0.15) is 0 Å². The molecule has 3 nitrogen and oxygen atoms in total. The van der Waals surface area contributed by atoms with Crippen LogP contribution in [-0.2, 0) is 11.2 Å². The Morgan fingerprint density at radius 3 is 2.42 bits per heavy atom. The molecule has 108 valence electrons. The van der Waals surface area contributed by atoms with Crippen LogP contribution in [-0.4, -0.2) is 38.3 Å². The molecule has 0 bridgehead atoms. The fraction of sp³-hybridized carbons (Fsp3) is 0.625. The van der Waals surface area contributed by atoms with Gasteiger partial charge in [0.15, 0.2) is 0 Å². The average Bonchev–Trinajstić information content (AvgIpc) is 2.40. The van der Waals surface area contributed by atoms with Gasteiger partial charge < -0.3 is 10.5 Å². The predicted octanol–water partition coefficient (Wildman–Crippen LogP) is 2.61. The van der Waals surface area contributed by atoms with Gasteiger partial charge >= 0.3 is 0 Å². The number of benzene rings is 1. The number of aryl methyl sites for hydroxylation is 1. The van der Waals surface area contributed by atoms with E-state index in [1.54, 1.807) is 7.11 Å². The lowest BCUT2D eigenvalue weighted by Crippen LogP contribution is -2.37. The highest BCUT2D eigenvalue weighted by atomic mass is 16.5. The van der Waals surface area contributed by atoms with E-state index in [0.717, 1.165) is 19.6 Å². The van der Waals surface area contributed by atoms with E-state index in [1.807, 2.05) is 0 Å². The van der Waals surface area contributed by atoms with Crippen LogP contribution in [0.1, 0.15) is 37.4 Å². The largest absolute Gasteiger partial charge is 0.383 e. The van der Waals surface area contributed by atoms with Gasteiger partial charge in [-0.1, -0.05) is 37.6 Å². The Kier molecular flexibility index (Phi) is 7.06. The van der Waals surface area contributed by atoms with E-state index in [-0.39, 0.29) is 6.04 Å². The Balaban J connectivity index is 2.54. The third-order valence-corrected chi connectivity index (χ3v) is 3.59. The van der Waals surface area contributed by atoms with E-state index < -0.39 is 0 Å². The number of nitrogens with zero attached hydrogens (tertiary/aromatic N) is 1. The molecule has 0 saturated heterocycles. The summed E-state index contributed by atoms with van der Waals surface area (Å²) >= 11 is 0. The molecule has 0 fully saturated rings. The van der Waals surface area contributed by atoms with Crippen LogP contribution < -0.4 is 5.73 Å². The second-order valence-corrected chi connectivity index (χ2v) is 5.34. The van der Waals surface area contributed by atoms with Gasteiger partial charge in [-0.3, -0.25) is 4.90 Å². The lowest BCUT2D eigenvalue weighted by atomic mass is 10.0. The molecular formula is C16H28N2O. The van der Waals surface area contributed by atoms with Crippen LogP contribution in [0.25, 0.3) is 0 Å². The van der Waals surface area contributed by atoms with E-state index in [9.17, 15) is 0 Å². The van der Waals surface area contributed by atoms with Crippen molar-refractivity contribution in [1.82, 2.24) is 4.90 Å². The van der Waals surface area contributed by atoms with Crippen molar-refractivity contribution in [3.05, 3.63) is 35.4 Å². The van der Waals surface area contributed by atoms with Gasteiger partial charge in [0.1, 0.15) is 0 Å². The number of hydrogen-bond acceptors (Lipinski definition) is 3. The van der Waals surface area contributed by atoms with E-state index in [4.69, 9.17) is 10.5 Å². The second-order valence-electron chi connectivity index (χ2n) is 5.34. The fourth-order valence-corrected chi connectivity index (χ4v) is 2.18. The van der Waals surface area contributed by atoms with Crippen LogP contribution in [0.5, 0.6) is 0 Å². The molecule has 1 aromatic carbocycles. The first-order valence-corrected chi connectivity index (χ1v) is 7.12. The lowest BCUT2D eigenvalue weighted by Gasteiger charge is -2.27. The number of ether oxygens (including phenoxy) is 1. The lowest BCUT2D eigenvalue weighted by molar-refractivity contribution is 0.112. The standard InChI is InChI=1S/C16H28N2O/c1-5-6-14-7-9-15(10-8-14)16(17)11-18(3)13(2)12-19-4/h7-10,13,16H,5-6,11-12,17H2,1-4H3. The minimum atomic E-state index is 0.0555. The highest BCUT2D eigenvalue weighted by Gasteiger charge is 2.14. The Bertz CT molecular complexity index is 350. The second kappa shape index (κ2) is 8.31. The van der Waals surface area contributed by atoms with Gasteiger partial charge in [-0.15, -0.1) is 0 Å². The molecule has 0 aliphatic rings. The molecule has 2 N–H and O–H groups in total. The molecule has 0 aliphatic heterocycles. The van der Waals surface area contributed by atoms with Crippen LogP contribution in [0.4, 0.5) is 0 Å². The topological polar surface area (TPSA) is 38.5 Å². The summed E-state index contributed by atoms with van der Waals surface area (Å²) in [6.07, 6.45) is 2.32. The van der Waals surface area contributed by atoms with Gasteiger partial charge in [0.2, 0.25) is 0 Å². The van der Waals surface area contributed by atoms with Crippen molar-refractivity contribution in [3.63, 3.8) is 0 Å². The number of methoxy groups -OCH3 is 1. The molecule has 19 heavy (non-hydrogen) atoms. The number of likely N-dealkylation sites (N-methyl/N-ethyl adjacent to an activating group) is 1. The first-order valence-electron chi connectivity index (χ1n) is 7.12. The smallest absolute Gasteiger partial charge is 0.0615 e. The number of nitrogens with two attached hydrogens (primary N) is 1. The van der Waals surface area contributed by atoms with E-state index in [0.29, 0.717) is 6.04 Å². The van der Waals surface area contributed by atoms with Crippen molar-refractivity contribution >= 4 is 0 Å². The van der Waals surface area contributed by atoms with Gasteiger partial charge in [0.25, 0.3) is 0 Å². The van der Waals surface area contributed by atoms with Crippen molar-refractivity contribution < 1.29 is 4.74 Å². The third-order valence-electron chi connectivity index (χ3n) is 3.59. The predicted molar refractivity (Wildman–Crippen MR) is 81.3 cm³/mol. The highest BCUT2D eigenvalue weighted by molar-refractivity contribution is 5.25. The SMILES string of the molecule is CCCc1ccc(C(N)CN(C)C(C)COC)cc1. The zero-order valence-corrected chi connectivity index (χ0v) is 12.7.